The molecule has 1 heterocycles. The van der Waals surface area contributed by atoms with Gasteiger partial charge in [-0.25, -0.2) is 4.79 Å². The highest BCUT2D eigenvalue weighted by atomic mass is 16.4. The van der Waals surface area contributed by atoms with E-state index in [0.717, 1.165) is 0 Å². The van der Waals surface area contributed by atoms with Crippen molar-refractivity contribution in [2.75, 3.05) is 13.1 Å². The fraction of sp³-hybridized carbons (Fsp3) is 0.800. The number of carboxylic acid groups (broad SMARTS) is 1. The normalized spacial score (nSPS) is 32.1. The lowest BCUT2D eigenvalue weighted by atomic mass is 10.2. The van der Waals surface area contributed by atoms with E-state index in [-0.39, 0.29) is 6.04 Å². The first-order valence-electron chi connectivity index (χ1n) is 3.08. The zero-order chi connectivity index (χ0) is 7.56. The first kappa shape index (κ1) is 7.30. The van der Waals surface area contributed by atoms with Crippen LogP contribution in [0.5, 0.6) is 0 Å². The van der Waals surface area contributed by atoms with Gasteiger partial charge in [-0.2, -0.15) is 0 Å². The number of hydrogen-bond acceptors (Lipinski definition) is 3. The van der Waals surface area contributed by atoms with Gasteiger partial charge in [-0.1, -0.05) is 0 Å². The zero-order valence-corrected chi connectivity index (χ0v) is 5.37. The Morgan fingerprint density at radius 2 is 2.30 bits per heavy atom. The van der Waals surface area contributed by atoms with Gasteiger partial charge in [0.15, 0.2) is 0 Å². The predicted octanol–water partition coefficient (Wildman–Crippen LogP) is -1.41. The lowest BCUT2D eigenvalue weighted by molar-refractivity contribution is 0.148. The van der Waals surface area contributed by atoms with Gasteiger partial charge in [0.2, 0.25) is 0 Å². The van der Waals surface area contributed by atoms with Crippen LogP contribution in [0.25, 0.3) is 0 Å². The van der Waals surface area contributed by atoms with Gasteiger partial charge in [0, 0.05) is 13.1 Å². The summed E-state index contributed by atoms with van der Waals surface area (Å²) in [6.45, 7) is 0.971. The number of carbonyl (C=O) groups is 1. The highest BCUT2D eigenvalue weighted by Crippen LogP contribution is 1.97. The second kappa shape index (κ2) is 2.85. The number of hydrogen-bond donors (Lipinski definition) is 4. The van der Waals surface area contributed by atoms with Crippen molar-refractivity contribution in [3.8, 4) is 0 Å². The standard InChI is InChI=1S/C5H10N2O3/c8-4-2-6-1-3(4)7-5(9)10/h3-4,6-8H,1-2H2,(H,9,10)/t3-,4-/m1/s1. The number of rotatable bonds is 1. The number of aliphatic hydroxyl groups is 1. The van der Waals surface area contributed by atoms with Crippen molar-refractivity contribution < 1.29 is 15.0 Å². The van der Waals surface area contributed by atoms with Crippen molar-refractivity contribution in [1.82, 2.24) is 10.6 Å². The van der Waals surface area contributed by atoms with Gasteiger partial charge in [-0.3, -0.25) is 0 Å². The molecular weight excluding hydrogens is 136 g/mol. The number of amides is 1. The van der Waals surface area contributed by atoms with E-state index < -0.39 is 12.2 Å². The molecule has 0 aromatic heterocycles. The maximum atomic E-state index is 10.1. The first-order chi connectivity index (χ1) is 4.70. The molecule has 58 valence electrons. The van der Waals surface area contributed by atoms with Crippen LogP contribution in [0.3, 0.4) is 0 Å². The largest absolute Gasteiger partial charge is 0.465 e. The van der Waals surface area contributed by atoms with Crippen LogP contribution in [0.15, 0.2) is 0 Å². The molecular formula is C5H10N2O3. The molecule has 10 heavy (non-hydrogen) atoms. The third-order valence-electron chi connectivity index (χ3n) is 1.49. The van der Waals surface area contributed by atoms with E-state index in [0.29, 0.717) is 13.1 Å². The van der Waals surface area contributed by atoms with Crippen molar-refractivity contribution in [3.63, 3.8) is 0 Å². The topological polar surface area (TPSA) is 81.6 Å². The molecule has 1 aliphatic heterocycles. The monoisotopic (exact) mass is 146 g/mol. The van der Waals surface area contributed by atoms with E-state index >= 15 is 0 Å². The molecule has 0 radical (unpaired) electrons. The number of aliphatic hydroxyl groups excluding tert-OH is 1. The van der Waals surface area contributed by atoms with Crippen molar-refractivity contribution in [2.45, 2.75) is 12.1 Å². The molecule has 5 nitrogen and oxygen atoms in total. The van der Waals surface area contributed by atoms with Gasteiger partial charge in [-0.15, -0.1) is 0 Å². The molecule has 0 unspecified atom stereocenters. The molecule has 4 N–H and O–H groups in total. The average molecular weight is 146 g/mol. The first-order valence-corrected chi connectivity index (χ1v) is 3.08. The Bertz CT molecular complexity index is 139. The van der Waals surface area contributed by atoms with Crippen molar-refractivity contribution in [2.24, 2.45) is 0 Å². The third-order valence-corrected chi connectivity index (χ3v) is 1.49. The van der Waals surface area contributed by atoms with Crippen LogP contribution in [0.1, 0.15) is 0 Å². The summed E-state index contributed by atoms with van der Waals surface area (Å²) in [5.74, 6) is 0. The maximum absolute atomic E-state index is 10.1. The maximum Gasteiger partial charge on any atom is 0.405 e. The molecule has 0 saturated carbocycles. The van der Waals surface area contributed by atoms with E-state index in [1.807, 2.05) is 0 Å². The summed E-state index contributed by atoms with van der Waals surface area (Å²) in [5, 5.41) is 22.3. The summed E-state index contributed by atoms with van der Waals surface area (Å²) in [6, 6.07) is -0.350. The van der Waals surface area contributed by atoms with Crippen LogP contribution in [-0.4, -0.2) is 41.5 Å². The fourth-order valence-corrected chi connectivity index (χ4v) is 0.971. The Morgan fingerprint density at radius 1 is 1.60 bits per heavy atom. The molecule has 0 aromatic carbocycles. The van der Waals surface area contributed by atoms with Crippen molar-refractivity contribution in [3.05, 3.63) is 0 Å². The molecule has 5 heteroatoms. The molecule has 2 atom stereocenters. The Morgan fingerprint density at radius 3 is 2.70 bits per heavy atom. The molecule has 0 bridgehead atoms. The molecule has 0 aliphatic carbocycles. The molecule has 1 saturated heterocycles. The molecule has 1 rings (SSSR count). The van der Waals surface area contributed by atoms with Crippen LogP contribution in [0, 0.1) is 0 Å². The van der Waals surface area contributed by atoms with Gasteiger partial charge in [0.05, 0.1) is 12.1 Å². The molecule has 0 aromatic rings. The smallest absolute Gasteiger partial charge is 0.405 e. The van der Waals surface area contributed by atoms with E-state index in [4.69, 9.17) is 10.2 Å². The average Bonchev–Trinajstić information content (AvgIpc) is 2.15. The summed E-state index contributed by atoms with van der Waals surface area (Å²) in [4.78, 5) is 10.1. The van der Waals surface area contributed by atoms with Crippen molar-refractivity contribution >= 4 is 6.09 Å². The van der Waals surface area contributed by atoms with E-state index in [1.54, 1.807) is 0 Å². The summed E-state index contributed by atoms with van der Waals surface area (Å²) in [7, 11) is 0. The van der Waals surface area contributed by atoms with Gasteiger partial charge >= 0.3 is 6.09 Å². The van der Waals surface area contributed by atoms with Crippen LogP contribution in [-0.2, 0) is 0 Å². The van der Waals surface area contributed by atoms with E-state index in [9.17, 15) is 4.79 Å². The minimum Gasteiger partial charge on any atom is -0.465 e. The minimum absolute atomic E-state index is 0.350. The molecule has 0 spiro atoms. The third kappa shape index (κ3) is 1.58. The highest BCUT2D eigenvalue weighted by Gasteiger charge is 2.25. The van der Waals surface area contributed by atoms with Crippen LogP contribution in [0.2, 0.25) is 0 Å². The molecule has 1 aliphatic rings. The Labute approximate surface area is 58.0 Å². The summed E-state index contributed by atoms with van der Waals surface area (Å²) >= 11 is 0. The van der Waals surface area contributed by atoms with Gasteiger partial charge in [-0.05, 0) is 0 Å². The fourth-order valence-electron chi connectivity index (χ4n) is 0.971. The second-order valence-corrected chi connectivity index (χ2v) is 2.28. The summed E-state index contributed by atoms with van der Waals surface area (Å²) in [6.07, 6.45) is -1.68. The minimum atomic E-state index is -1.09. The Balaban J connectivity index is 2.33. The number of β-amino-alcohol motifs (C(OH)–C–C–N with tert-alkyl or cyclic N) is 1. The van der Waals surface area contributed by atoms with Crippen LogP contribution in [0.4, 0.5) is 4.79 Å². The highest BCUT2D eigenvalue weighted by molar-refractivity contribution is 5.65. The zero-order valence-electron chi connectivity index (χ0n) is 5.37. The van der Waals surface area contributed by atoms with E-state index in [2.05, 4.69) is 10.6 Å². The summed E-state index contributed by atoms with van der Waals surface area (Å²) < 4.78 is 0. The lowest BCUT2D eigenvalue weighted by Crippen LogP contribution is -2.41. The van der Waals surface area contributed by atoms with Crippen molar-refractivity contribution in [1.29, 1.82) is 0 Å². The lowest BCUT2D eigenvalue weighted by Gasteiger charge is -2.11. The van der Waals surface area contributed by atoms with Crippen LogP contribution < -0.4 is 10.6 Å². The summed E-state index contributed by atoms with van der Waals surface area (Å²) in [5.41, 5.74) is 0. The SMILES string of the molecule is O=C(O)N[C@@H]1CNC[C@H]1O. The predicted molar refractivity (Wildman–Crippen MR) is 33.8 cm³/mol. The van der Waals surface area contributed by atoms with Crippen LogP contribution >= 0.6 is 0 Å². The number of nitrogens with one attached hydrogen (secondary N) is 2. The molecule has 1 fully saturated rings. The van der Waals surface area contributed by atoms with Gasteiger partial charge in [0.25, 0.3) is 0 Å². The second-order valence-electron chi connectivity index (χ2n) is 2.28. The Kier molecular flexibility index (Phi) is 2.08. The van der Waals surface area contributed by atoms with Gasteiger partial charge < -0.3 is 20.8 Å². The Hall–Kier alpha value is -0.810. The van der Waals surface area contributed by atoms with Gasteiger partial charge in [0.1, 0.15) is 0 Å². The van der Waals surface area contributed by atoms with E-state index in [1.165, 1.54) is 0 Å². The quantitative estimate of drug-likeness (QED) is 0.366. The molecule has 1 amide bonds.